The van der Waals surface area contributed by atoms with E-state index >= 15 is 0 Å². The van der Waals surface area contributed by atoms with Crippen LogP contribution in [0.4, 0.5) is 0 Å². The maximum absolute atomic E-state index is 5.44. The van der Waals surface area contributed by atoms with Crippen molar-refractivity contribution < 1.29 is 4.74 Å². The second kappa shape index (κ2) is 11.7. The van der Waals surface area contributed by atoms with Crippen molar-refractivity contribution in [2.45, 2.75) is 51.6 Å². The number of aliphatic imine (C=N–C) groups is 1. The van der Waals surface area contributed by atoms with Crippen molar-refractivity contribution in [1.29, 1.82) is 0 Å². The summed E-state index contributed by atoms with van der Waals surface area (Å²) in [4.78, 5) is 9.98. The Morgan fingerprint density at radius 2 is 1.92 bits per heavy atom. The van der Waals surface area contributed by atoms with Crippen molar-refractivity contribution in [3.05, 3.63) is 0 Å². The van der Waals surface area contributed by atoms with Gasteiger partial charge in [0.1, 0.15) is 0 Å². The Hall–Kier alpha value is -0.120. The molecule has 0 aromatic heterocycles. The summed E-state index contributed by atoms with van der Waals surface area (Å²) in [6.07, 6.45) is 5.69. The minimum absolute atomic E-state index is 0. The van der Waals surface area contributed by atoms with Gasteiger partial charge in [-0.15, -0.1) is 24.0 Å². The average Bonchev–Trinajstić information content (AvgIpc) is 3.53. The maximum Gasteiger partial charge on any atom is 0.191 e. The van der Waals surface area contributed by atoms with E-state index in [2.05, 4.69) is 34.3 Å². The Morgan fingerprint density at radius 1 is 1.19 bits per heavy atom. The zero-order valence-corrected chi connectivity index (χ0v) is 18.9. The molecule has 1 saturated heterocycles. The summed E-state index contributed by atoms with van der Waals surface area (Å²) >= 11 is 0. The topological polar surface area (TPSA) is 52.1 Å². The molecule has 2 N–H and O–H groups in total. The molecule has 6 nitrogen and oxygen atoms in total. The number of halogens is 1. The fourth-order valence-corrected chi connectivity index (χ4v) is 3.51. The third kappa shape index (κ3) is 7.86. The summed E-state index contributed by atoms with van der Waals surface area (Å²) in [6.45, 7) is 13.3. The number of morpholine rings is 1. The predicted octanol–water partition coefficient (Wildman–Crippen LogP) is 1.75. The van der Waals surface area contributed by atoms with Crippen LogP contribution in [-0.2, 0) is 4.74 Å². The van der Waals surface area contributed by atoms with Crippen LogP contribution in [0.5, 0.6) is 0 Å². The molecule has 7 heteroatoms. The summed E-state index contributed by atoms with van der Waals surface area (Å²) in [5.41, 5.74) is 0. The van der Waals surface area contributed by atoms with E-state index in [0.717, 1.165) is 70.4 Å². The van der Waals surface area contributed by atoms with E-state index < -0.39 is 0 Å². The lowest BCUT2D eigenvalue weighted by molar-refractivity contribution is 0.0220. The zero-order chi connectivity index (χ0) is 17.5. The summed E-state index contributed by atoms with van der Waals surface area (Å²) in [5.74, 6) is 1.95. The lowest BCUT2D eigenvalue weighted by Gasteiger charge is -2.31. The van der Waals surface area contributed by atoms with Crippen LogP contribution in [0.3, 0.4) is 0 Å². The highest BCUT2D eigenvalue weighted by molar-refractivity contribution is 14.0. The van der Waals surface area contributed by atoms with Gasteiger partial charge in [-0.2, -0.15) is 0 Å². The number of nitrogens with one attached hydrogen (secondary N) is 2. The van der Waals surface area contributed by atoms with Crippen molar-refractivity contribution in [2.75, 3.05) is 59.0 Å². The van der Waals surface area contributed by atoms with Gasteiger partial charge in [-0.1, -0.05) is 0 Å². The largest absolute Gasteiger partial charge is 0.379 e. The van der Waals surface area contributed by atoms with E-state index in [4.69, 9.17) is 9.73 Å². The predicted molar refractivity (Wildman–Crippen MR) is 119 cm³/mol. The number of nitrogens with zero attached hydrogens (tertiary/aromatic N) is 3. The molecule has 0 aromatic carbocycles. The Balaban J connectivity index is 0.00000243. The molecule has 3 fully saturated rings. The van der Waals surface area contributed by atoms with Crippen molar-refractivity contribution in [3.63, 3.8) is 0 Å². The normalized spacial score (nSPS) is 22.8. The van der Waals surface area contributed by atoms with Gasteiger partial charge in [0.2, 0.25) is 0 Å². The van der Waals surface area contributed by atoms with Gasteiger partial charge in [0, 0.05) is 51.4 Å². The van der Waals surface area contributed by atoms with Crippen LogP contribution in [0.15, 0.2) is 4.99 Å². The molecule has 2 aliphatic carbocycles. The van der Waals surface area contributed by atoms with E-state index in [-0.39, 0.29) is 24.0 Å². The first-order valence-corrected chi connectivity index (χ1v) is 10.3. The fourth-order valence-electron chi connectivity index (χ4n) is 3.51. The standard InChI is InChI=1S/C19H37N5O.HI/c1-3-20-19(22-14-16(2)23-10-12-25-13-11-23)21-8-9-24(18-6-7-18)15-17-4-5-17;/h16-18H,3-15H2,1-2H3,(H2,20,21,22);1H. The second-order valence-corrected chi connectivity index (χ2v) is 7.81. The van der Waals surface area contributed by atoms with Crippen LogP contribution in [0.2, 0.25) is 0 Å². The van der Waals surface area contributed by atoms with Crippen LogP contribution in [0.1, 0.15) is 39.5 Å². The molecule has 0 spiro atoms. The lowest BCUT2D eigenvalue weighted by Crippen LogP contribution is -2.45. The number of ether oxygens (including phenoxy) is 1. The first-order chi connectivity index (χ1) is 12.3. The molecule has 1 unspecified atom stereocenters. The third-order valence-electron chi connectivity index (χ3n) is 5.47. The van der Waals surface area contributed by atoms with Crippen LogP contribution in [0.25, 0.3) is 0 Å². The number of guanidine groups is 1. The molecule has 1 aliphatic heterocycles. The molecule has 0 bridgehead atoms. The monoisotopic (exact) mass is 479 g/mol. The highest BCUT2D eigenvalue weighted by Gasteiger charge is 2.33. The first-order valence-electron chi connectivity index (χ1n) is 10.3. The molecular weight excluding hydrogens is 441 g/mol. The lowest BCUT2D eigenvalue weighted by atomic mass is 10.2. The molecule has 2 saturated carbocycles. The highest BCUT2D eigenvalue weighted by Crippen LogP contribution is 2.34. The van der Waals surface area contributed by atoms with Gasteiger partial charge in [-0.3, -0.25) is 14.8 Å². The van der Waals surface area contributed by atoms with Crippen molar-refractivity contribution in [1.82, 2.24) is 20.4 Å². The minimum atomic E-state index is 0. The van der Waals surface area contributed by atoms with E-state index in [1.165, 1.54) is 32.2 Å². The van der Waals surface area contributed by atoms with Gasteiger partial charge < -0.3 is 15.4 Å². The summed E-state index contributed by atoms with van der Waals surface area (Å²) in [5, 5.41) is 6.93. The summed E-state index contributed by atoms with van der Waals surface area (Å²) in [7, 11) is 0. The molecule has 0 radical (unpaired) electrons. The number of hydrogen-bond acceptors (Lipinski definition) is 4. The van der Waals surface area contributed by atoms with Gasteiger partial charge in [0.15, 0.2) is 5.96 Å². The highest BCUT2D eigenvalue weighted by atomic mass is 127. The Morgan fingerprint density at radius 3 is 2.54 bits per heavy atom. The van der Waals surface area contributed by atoms with E-state index in [9.17, 15) is 0 Å². The smallest absolute Gasteiger partial charge is 0.191 e. The van der Waals surface area contributed by atoms with Gasteiger partial charge in [-0.05, 0) is 45.4 Å². The van der Waals surface area contributed by atoms with E-state index in [1.807, 2.05) is 0 Å². The third-order valence-corrected chi connectivity index (χ3v) is 5.47. The quantitative estimate of drug-likeness (QED) is 0.284. The molecule has 3 rings (SSSR count). The molecule has 1 atom stereocenters. The van der Waals surface area contributed by atoms with Crippen LogP contribution >= 0.6 is 24.0 Å². The van der Waals surface area contributed by atoms with Crippen LogP contribution in [-0.4, -0.2) is 86.9 Å². The fraction of sp³-hybridized carbons (Fsp3) is 0.947. The van der Waals surface area contributed by atoms with E-state index in [0.29, 0.717) is 6.04 Å². The van der Waals surface area contributed by atoms with Crippen molar-refractivity contribution in [3.8, 4) is 0 Å². The molecule has 3 aliphatic rings. The minimum Gasteiger partial charge on any atom is -0.379 e. The van der Waals surface area contributed by atoms with Gasteiger partial charge in [0.25, 0.3) is 0 Å². The Kier molecular flexibility index (Phi) is 9.94. The summed E-state index contributed by atoms with van der Waals surface area (Å²) in [6, 6.07) is 1.33. The van der Waals surface area contributed by atoms with Gasteiger partial charge >= 0.3 is 0 Å². The first kappa shape index (κ1) is 22.2. The van der Waals surface area contributed by atoms with Gasteiger partial charge in [0.05, 0.1) is 19.8 Å². The Bertz CT molecular complexity index is 422. The molecular formula is C19H38IN5O. The summed E-state index contributed by atoms with van der Waals surface area (Å²) < 4.78 is 5.44. The maximum atomic E-state index is 5.44. The number of rotatable bonds is 10. The molecule has 26 heavy (non-hydrogen) atoms. The molecule has 1 heterocycles. The number of hydrogen-bond donors (Lipinski definition) is 2. The second-order valence-electron chi connectivity index (χ2n) is 7.81. The molecule has 0 aromatic rings. The SMILES string of the molecule is CCNC(=NCC(C)N1CCOCC1)NCCN(CC1CC1)C1CC1.I. The van der Waals surface area contributed by atoms with Crippen LogP contribution < -0.4 is 10.6 Å². The Labute approximate surface area is 176 Å². The average molecular weight is 479 g/mol. The molecule has 152 valence electrons. The zero-order valence-electron chi connectivity index (χ0n) is 16.6. The van der Waals surface area contributed by atoms with E-state index in [1.54, 1.807) is 0 Å². The molecule has 0 amide bonds. The van der Waals surface area contributed by atoms with Crippen molar-refractivity contribution >= 4 is 29.9 Å². The van der Waals surface area contributed by atoms with Gasteiger partial charge in [-0.25, -0.2) is 0 Å². The van der Waals surface area contributed by atoms with Crippen LogP contribution in [0, 0.1) is 5.92 Å². The van der Waals surface area contributed by atoms with Crippen molar-refractivity contribution in [2.24, 2.45) is 10.9 Å².